The molecule has 220 valence electrons. The Labute approximate surface area is 248 Å². The molecule has 0 aliphatic rings. The van der Waals surface area contributed by atoms with Gasteiger partial charge in [-0.1, -0.05) is 60.7 Å². The fourth-order valence-corrected chi connectivity index (χ4v) is 5.09. The molecule has 0 saturated heterocycles. The van der Waals surface area contributed by atoms with Gasteiger partial charge in [-0.15, -0.1) is 11.3 Å². The van der Waals surface area contributed by atoms with E-state index < -0.39 is 23.8 Å². The van der Waals surface area contributed by atoms with Gasteiger partial charge in [-0.25, -0.2) is 9.80 Å². The summed E-state index contributed by atoms with van der Waals surface area (Å²) in [6.07, 6.45) is 0.0277. The largest absolute Gasteiger partial charge is 0.444 e. The molecule has 0 aliphatic carbocycles. The summed E-state index contributed by atoms with van der Waals surface area (Å²) in [5, 5.41) is 5.13. The zero-order valence-electron chi connectivity index (χ0n) is 25.3. The topological polar surface area (TPSA) is 73.4 Å². The van der Waals surface area contributed by atoms with E-state index in [9.17, 15) is 14.4 Å². The van der Waals surface area contributed by atoms with Crippen molar-refractivity contribution in [1.82, 2.24) is 19.8 Å². The fourth-order valence-electron chi connectivity index (χ4n) is 4.35. The first kappa shape index (κ1) is 31.8. The molecule has 3 amide bonds. The number of amides is 3. The van der Waals surface area contributed by atoms with Crippen LogP contribution >= 0.6 is 11.3 Å². The van der Waals surface area contributed by atoms with E-state index in [1.807, 2.05) is 72.1 Å². The minimum absolute atomic E-state index is 0.217. The lowest BCUT2D eigenvalue weighted by Gasteiger charge is -2.37. The molecule has 41 heavy (non-hydrogen) atoms. The average molecular weight is 579 g/mol. The first-order chi connectivity index (χ1) is 19.3. The number of carbonyl (C=O) groups excluding carboxylic acids is 3. The summed E-state index contributed by atoms with van der Waals surface area (Å²) in [4.78, 5) is 44.8. The number of nitrogens with zero attached hydrogens (tertiary/aromatic N) is 4. The monoisotopic (exact) mass is 578 g/mol. The average Bonchev–Trinajstić information content (AvgIpc) is 3.46. The van der Waals surface area contributed by atoms with Crippen LogP contribution in [0, 0.1) is 0 Å². The fraction of sp³-hybridized carbons (Fsp3) is 0.406. The van der Waals surface area contributed by atoms with E-state index in [0.29, 0.717) is 6.42 Å². The minimum atomic E-state index is -0.888. The molecular weight excluding hydrogens is 536 g/mol. The summed E-state index contributed by atoms with van der Waals surface area (Å²) in [7, 11) is 8.45. The van der Waals surface area contributed by atoms with Crippen molar-refractivity contribution in [3.05, 3.63) is 82.6 Å². The van der Waals surface area contributed by atoms with Gasteiger partial charge in [0.1, 0.15) is 17.7 Å². The maximum atomic E-state index is 14.2. The molecule has 3 rings (SSSR count). The number of rotatable bonds is 10. The Hall–Kier alpha value is -3.69. The Morgan fingerprint density at radius 3 is 1.85 bits per heavy atom. The highest BCUT2D eigenvalue weighted by Gasteiger charge is 2.37. The van der Waals surface area contributed by atoms with Gasteiger partial charge in [-0.2, -0.15) is 0 Å². The SMILES string of the molecule is CN(C(=O)OC(C)(C)C)[C@H](Cc1ccc(-c2ccccc2)cc1)C(=O)N(C)[C@H](Cc1cccs1)C(=O)N(C)N(C)C. The third kappa shape index (κ3) is 8.65. The van der Waals surface area contributed by atoms with Crippen LogP contribution in [0.5, 0.6) is 0 Å². The van der Waals surface area contributed by atoms with Gasteiger partial charge in [0, 0.05) is 53.0 Å². The lowest BCUT2D eigenvalue weighted by atomic mass is 9.99. The number of hydrogen-bond acceptors (Lipinski definition) is 6. The molecule has 0 bridgehead atoms. The van der Waals surface area contributed by atoms with Gasteiger partial charge in [0.2, 0.25) is 5.91 Å². The first-order valence-electron chi connectivity index (χ1n) is 13.6. The molecule has 8 nitrogen and oxygen atoms in total. The van der Waals surface area contributed by atoms with E-state index in [2.05, 4.69) is 0 Å². The van der Waals surface area contributed by atoms with Crippen LogP contribution in [-0.4, -0.2) is 90.6 Å². The van der Waals surface area contributed by atoms with Gasteiger partial charge in [-0.3, -0.25) is 19.5 Å². The van der Waals surface area contributed by atoms with Gasteiger partial charge >= 0.3 is 6.09 Å². The van der Waals surface area contributed by atoms with Crippen LogP contribution < -0.4 is 0 Å². The lowest BCUT2D eigenvalue weighted by Crippen LogP contribution is -2.57. The van der Waals surface area contributed by atoms with E-state index in [0.717, 1.165) is 21.6 Å². The highest BCUT2D eigenvalue weighted by molar-refractivity contribution is 7.09. The van der Waals surface area contributed by atoms with Crippen molar-refractivity contribution in [3.63, 3.8) is 0 Å². The Morgan fingerprint density at radius 1 is 0.732 bits per heavy atom. The van der Waals surface area contributed by atoms with Crippen LogP contribution in [0.2, 0.25) is 0 Å². The predicted octanol–water partition coefficient (Wildman–Crippen LogP) is 5.20. The van der Waals surface area contributed by atoms with Crippen LogP contribution in [0.15, 0.2) is 72.1 Å². The normalized spacial score (nSPS) is 12.9. The molecule has 0 N–H and O–H groups in total. The summed E-state index contributed by atoms with van der Waals surface area (Å²) >= 11 is 1.54. The van der Waals surface area contributed by atoms with Crippen molar-refractivity contribution in [2.24, 2.45) is 0 Å². The van der Waals surface area contributed by atoms with Gasteiger partial charge < -0.3 is 9.64 Å². The maximum Gasteiger partial charge on any atom is 0.410 e. The quantitative estimate of drug-likeness (QED) is 0.310. The molecule has 9 heteroatoms. The summed E-state index contributed by atoms with van der Waals surface area (Å²) in [5.41, 5.74) is 2.31. The van der Waals surface area contributed by atoms with Gasteiger partial charge in [0.05, 0.1) is 0 Å². The summed E-state index contributed by atoms with van der Waals surface area (Å²) < 4.78 is 5.62. The van der Waals surface area contributed by atoms with E-state index >= 15 is 0 Å². The van der Waals surface area contributed by atoms with Crippen LogP contribution in [0.25, 0.3) is 11.1 Å². The molecule has 1 heterocycles. The second-order valence-electron chi connectivity index (χ2n) is 11.3. The highest BCUT2D eigenvalue weighted by Crippen LogP contribution is 2.23. The molecule has 0 saturated carbocycles. The lowest BCUT2D eigenvalue weighted by molar-refractivity contribution is -0.153. The number of benzene rings is 2. The molecule has 0 unspecified atom stereocenters. The zero-order chi connectivity index (χ0) is 30.3. The van der Waals surface area contributed by atoms with E-state index in [-0.39, 0.29) is 18.2 Å². The van der Waals surface area contributed by atoms with Crippen LogP contribution in [-0.2, 0) is 27.2 Å². The van der Waals surface area contributed by atoms with Crippen molar-refractivity contribution in [1.29, 1.82) is 0 Å². The van der Waals surface area contributed by atoms with Gasteiger partial charge in [-0.05, 0) is 48.9 Å². The smallest absolute Gasteiger partial charge is 0.410 e. The Morgan fingerprint density at radius 2 is 1.32 bits per heavy atom. The highest BCUT2D eigenvalue weighted by atomic mass is 32.1. The molecule has 2 atom stereocenters. The van der Waals surface area contributed by atoms with Gasteiger partial charge in [0.15, 0.2) is 0 Å². The van der Waals surface area contributed by atoms with Crippen LogP contribution in [0.3, 0.4) is 0 Å². The summed E-state index contributed by atoms with van der Waals surface area (Å²) in [5.74, 6) is -0.558. The number of likely N-dealkylation sites (N-methyl/N-ethyl adjacent to an activating group) is 3. The number of carbonyl (C=O) groups is 3. The molecule has 0 aliphatic heterocycles. The molecule has 1 aromatic heterocycles. The van der Waals surface area contributed by atoms with Crippen molar-refractivity contribution >= 4 is 29.2 Å². The van der Waals surface area contributed by atoms with Crippen molar-refractivity contribution in [2.45, 2.75) is 51.3 Å². The Balaban J connectivity index is 1.94. The van der Waals surface area contributed by atoms with E-state index in [1.54, 1.807) is 61.0 Å². The van der Waals surface area contributed by atoms with E-state index in [1.165, 1.54) is 26.1 Å². The number of ether oxygens (including phenoxy) is 1. The van der Waals surface area contributed by atoms with Crippen LogP contribution in [0.4, 0.5) is 4.79 Å². The molecule has 2 aromatic carbocycles. The van der Waals surface area contributed by atoms with Crippen molar-refractivity contribution in [2.75, 3.05) is 35.2 Å². The first-order valence-corrected chi connectivity index (χ1v) is 14.5. The van der Waals surface area contributed by atoms with Crippen molar-refractivity contribution in [3.8, 4) is 11.1 Å². The van der Waals surface area contributed by atoms with Crippen molar-refractivity contribution < 1.29 is 19.1 Å². The minimum Gasteiger partial charge on any atom is -0.444 e. The summed E-state index contributed by atoms with van der Waals surface area (Å²) in [6, 6.07) is 20.2. The zero-order valence-corrected chi connectivity index (χ0v) is 26.1. The number of hydrazine groups is 1. The second kappa shape index (κ2) is 13.8. The van der Waals surface area contributed by atoms with Crippen LogP contribution in [0.1, 0.15) is 31.2 Å². The van der Waals surface area contributed by atoms with E-state index in [4.69, 9.17) is 4.74 Å². The second-order valence-corrected chi connectivity index (χ2v) is 12.4. The Kier molecular flexibility index (Phi) is 10.7. The molecule has 3 aromatic rings. The number of hydrogen-bond donors (Lipinski definition) is 0. The number of thiophene rings is 1. The maximum absolute atomic E-state index is 14.2. The predicted molar refractivity (Wildman–Crippen MR) is 164 cm³/mol. The molecule has 0 spiro atoms. The molecule has 0 fully saturated rings. The molecule has 0 radical (unpaired) electrons. The molecular formula is C32H42N4O4S. The Bertz CT molecular complexity index is 1290. The van der Waals surface area contributed by atoms with Gasteiger partial charge in [0.25, 0.3) is 5.91 Å². The summed E-state index contributed by atoms with van der Waals surface area (Å²) in [6.45, 7) is 5.37. The standard InChI is InChI=1S/C32H42N4O4S/c1-32(2,3)40-31(39)35(7)27(21-23-16-18-25(19-17-23)24-13-10-9-11-14-24)29(37)34(6)28(22-26-15-12-20-41-26)30(38)36(8)33(4)5/h9-20,27-28H,21-22H2,1-8H3/t27-,28-/m1/s1. The third-order valence-corrected chi connectivity index (χ3v) is 7.82. The third-order valence-electron chi connectivity index (χ3n) is 6.92.